The zero-order valence-corrected chi connectivity index (χ0v) is 14.0. The Morgan fingerprint density at radius 1 is 1.09 bits per heavy atom. The van der Waals surface area contributed by atoms with Crippen molar-refractivity contribution in [2.24, 2.45) is 0 Å². The fraction of sp³-hybridized carbons (Fsp3) is 0.167. The highest BCUT2D eigenvalue weighted by Crippen LogP contribution is 2.17. The van der Waals surface area contributed by atoms with Gasteiger partial charge < -0.3 is 5.32 Å². The van der Waals surface area contributed by atoms with Gasteiger partial charge in [-0.1, -0.05) is 46.3 Å². The second-order valence-electron chi connectivity index (χ2n) is 5.28. The Balaban J connectivity index is 1.62. The molecule has 0 fully saturated rings. The molecule has 0 aliphatic heterocycles. The third-order valence-electron chi connectivity index (χ3n) is 3.64. The van der Waals surface area contributed by atoms with Gasteiger partial charge in [0.05, 0.1) is 11.9 Å². The molecule has 0 aliphatic rings. The molecule has 3 aromatic rings. The fourth-order valence-electron chi connectivity index (χ4n) is 2.31. The predicted octanol–water partition coefficient (Wildman–Crippen LogP) is 4.49. The minimum atomic E-state index is 0.299. The third-order valence-corrected chi connectivity index (χ3v) is 4.17. The number of rotatable bonds is 5. The Hall–Kier alpha value is -1.91. The number of halogens is 1. The monoisotopic (exact) mass is 355 g/mol. The number of nitrogens with zero attached hydrogens (tertiary/aromatic N) is 2. The summed E-state index contributed by atoms with van der Waals surface area (Å²) in [5.41, 5.74) is 3.53. The van der Waals surface area contributed by atoms with E-state index in [1.807, 2.05) is 29.1 Å². The molecular weight excluding hydrogens is 338 g/mol. The average molecular weight is 356 g/mol. The molecule has 0 amide bonds. The Bertz CT molecular complexity index is 720. The molecule has 112 valence electrons. The highest BCUT2D eigenvalue weighted by molar-refractivity contribution is 9.10. The van der Waals surface area contributed by atoms with Crippen molar-refractivity contribution >= 4 is 15.9 Å². The molecule has 1 aromatic heterocycles. The van der Waals surface area contributed by atoms with E-state index in [4.69, 9.17) is 0 Å². The van der Waals surface area contributed by atoms with Crippen LogP contribution >= 0.6 is 15.9 Å². The van der Waals surface area contributed by atoms with Gasteiger partial charge in [0.2, 0.25) is 0 Å². The van der Waals surface area contributed by atoms with Crippen molar-refractivity contribution in [1.29, 1.82) is 0 Å². The molecule has 3 rings (SSSR count). The Labute approximate surface area is 139 Å². The maximum absolute atomic E-state index is 4.42. The Morgan fingerprint density at radius 2 is 1.82 bits per heavy atom. The molecule has 0 unspecified atom stereocenters. The number of benzene rings is 2. The van der Waals surface area contributed by atoms with Gasteiger partial charge in [0, 0.05) is 28.8 Å². The summed E-state index contributed by atoms with van der Waals surface area (Å²) >= 11 is 3.46. The molecule has 0 radical (unpaired) electrons. The van der Waals surface area contributed by atoms with Crippen LogP contribution in [-0.4, -0.2) is 9.78 Å². The van der Waals surface area contributed by atoms with Crippen LogP contribution in [0.4, 0.5) is 0 Å². The minimum absolute atomic E-state index is 0.299. The van der Waals surface area contributed by atoms with E-state index in [0.29, 0.717) is 6.04 Å². The van der Waals surface area contributed by atoms with Crippen LogP contribution in [0.25, 0.3) is 5.69 Å². The lowest BCUT2D eigenvalue weighted by atomic mass is 10.1. The molecule has 0 aliphatic carbocycles. The Morgan fingerprint density at radius 3 is 2.55 bits per heavy atom. The molecule has 0 spiro atoms. The molecule has 1 N–H and O–H groups in total. The lowest BCUT2D eigenvalue weighted by molar-refractivity contribution is 0.574. The minimum Gasteiger partial charge on any atom is -0.306 e. The van der Waals surface area contributed by atoms with E-state index in [9.17, 15) is 0 Å². The van der Waals surface area contributed by atoms with Crippen LogP contribution < -0.4 is 5.32 Å². The first-order valence-corrected chi connectivity index (χ1v) is 8.09. The first-order valence-electron chi connectivity index (χ1n) is 7.30. The van der Waals surface area contributed by atoms with Gasteiger partial charge in [0.25, 0.3) is 0 Å². The predicted molar refractivity (Wildman–Crippen MR) is 93.0 cm³/mol. The van der Waals surface area contributed by atoms with E-state index in [1.165, 1.54) is 11.1 Å². The first-order chi connectivity index (χ1) is 10.7. The van der Waals surface area contributed by atoms with Crippen molar-refractivity contribution in [3.63, 3.8) is 0 Å². The van der Waals surface area contributed by atoms with Crippen molar-refractivity contribution in [3.05, 3.63) is 82.6 Å². The fourth-order valence-corrected chi connectivity index (χ4v) is 2.58. The van der Waals surface area contributed by atoms with Gasteiger partial charge in [0.1, 0.15) is 0 Å². The first kappa shape index (κ1) is 15.0. The topological polar surface area (TPSA) is 29.9 Å². The number of aromatic nitrogens is 2. The van der Waals surface area contributed by atoms with Crippen LogP contribution in [0.3, 0.4) is 0 Å². The third kappa shape index (κ3) is 3.64. The summed E-state index contributed by atoms with van der Waals surface area (Å²) in [5, 5.41) is 7.95. The number of para-hydroxylation sites is 1. The van der Waals surface area contributed by atoms with Crippen LogP contribution in [0.5, 0.6) is 0 Å². The number of hydrogen-bond acceptors (Lipinski definition) is 2. The van der Waals surface area contributed by atoms with Crippen molar-refractivity contribution in [2.75, 3.05) is 0 Å². The van der Waals surface area contributed by atoms with E-state index < -0.39 is 0 Å². The summed E-state index contributed by atoms with van der Waals surface area (Å²) in [6, 6.07) is 18.9. The van der Waals surface area contributed by atoms with Gasteiger partial charge in [-0.15, -0.1) is 0 Å². The van der Waals surface area contributed by atoms with Crippen molar-refractivity contribution < 1.29 is 0 Å². The van der Waals surface area contributed by atoms with E-state index in [1.54, 1.807) is 0 Å². The molecule has 0 bridgehead atoms. The summed E-state index contributed by atoms with van der Waals surface area (Å²) in [6.07, 6.45) is 3.98. The largest absolute Gasteiger partial charge is 0.306 e. The maximum Gasteiger partial charge on any atom is 0.0645 e. The summed E-state index contributed by atoms with van der Waals surface area (Å²) in [4.78, 5) is 0. The zero-order valence-electron chi connectivity index (χ0n) is 12.4. The smallest absolute Gasteiger partial charge is 0.0645 e. The van der Waals surface area contributed by atoms with Crippen LogP contribution in [0.1, 0.15) is 24.1 Å². The van der Waals surface area contributed by atoms with Crippen molar-refractivity contribution in [2.45, 2.75) is 19.5 Å². The summed E-state index contributed by atoms with van der Waals surface area (Å²) in [7, 11) is 0. The molecule has 1 heterocycles. The van der Waals surface area contributed by atoms with E-state index >= 15 is 0 Å². The van der Waals surface area contributed by atoms with Crippen LogP contribution in [0.2, 0.25) is 0 Å². The molecule has 3 nitrogen and oxygen atoms in total. The molecule has 0 saturated heterocycles. The van der Waals surface area contributed by atoms with Crippen LogP contribution in [0.15, 0.2) is 71.5 Å². The normalized spacial score (nSPS) is 12.3. The quantitative estimate of drug-likeness (QED) is 0.730. The lowest BCUT2D eigenvalue weighted by Crippen LogP contribution is -2.17. The molecule has 0 saturated carbocycles. The molecule has 4 heteroatoms. The number of nitrogens with one attached hydrogen (secondary N) is 1. The summed E-state index contributed by atoms with van der Waals surface area (Å²) in [5.74, 6) is 0. The zero-order chi connectivity index (χ0) is 15.4. The summed E-state index contributed by atoms with van der Waals surface area (Å²) < 4.78 is 3.01. The molecular formula is C18H18BrN3. The molecule has 2 aromatic carbocycles. The van der Waals surface area contributed by atoms with Crippen LogP contribution in [-0.2, 0) is 6.54 Å². The van der Waals surface area contributed by atoms with Crippen molar-refractivity contribution in [1.82, 2.24) is 15.1 Å². The van der Waals surface area contributed by atoms with E-state index in [2.05, 4.69) is 75.9 Å². The maximum atomic E-state index is 4.42. The highest BCUT2D eigenvalue weighted by atomic mass is 79.9. The SMILES string of the molecule is C[C@H](NCc1cnn(-c2ccccc2)c1)c1ccc(Br)cc1. The van der Waals surface area contributed by atoms with Gasteiger partial charge in [-0.2, -0.15) is 5.10 Å². The summed E-state index contributed by atoms with van der Waals surface area (Å²) in [6.45, 7) is 2.97. The highest BCUT2D eigenvalue weighted by Gasteiger charge is 2.06. The van der Waals surface area contributed by atoms with Gasteiger partial charge in [-0.3, -0.25) is 0 Å². The van der Waals surface area contributed by atoms with Gasteiger partial charge in [-0.05, 0) is 36.8 Å². The standard InChI is InChI=1S/C18H18BrN3/c1-14(16-7-9-17(19)10-8-16)20-11-15-12-21-22(13-15)18-5-3-2-4-6-18/h2-10,12-14,20H,11H2,1H3/t14-/m0/s1. The van der Waals surface area contributed by atoms with E-state index in [0.717, 1.165) is 16.7 Å². The van der Waals surface area contributed by atoms with Crippen molar-refractivity contribution in [3.8, 4) is 5.69 Å². The second kappa shape index (κ2) is 6.90. The molecule has 1 atom stereocenters. The second-order valence-corrected chi connectivity index (χ2v) is 6.20. The number of hydrogen-bond donors (Lipinski definition) is 1. The molecule has 22 heavy (non-hydrogen) atoms. The Kier molecular flexibility index (Phi) is 4.71. The average Bonchev–Trinajstić information content (AvgIpc) is 3.03. The van der Waals surface area contributed by atoms with Gasteiger partial charge in [-0.25, -0.2) is 4.68 Å². The van der Waals surface area contributed by atoms with Crippen LogP contribution in [0, 0.1) is 0 Å². The van der Waals surface area contributed by atoms with E-state index in [-0.39, 0.29) is 0 Å². The van der Waals surface area contributed by atoms with Gasteiger partial charge in [0.15, 0.2) is 0 Å². The lowest BCUT2D eigenvalue weighted by Gasteiger charge is -2.13. The van der Waals surface area contributed by atoms with Gasteiger partial charge >= 0.3 is 0 Å².